The van der Waals surface area contributed by atoms with Gasteiger partial charge in [0.05, 0.1) is 0 Å². The van der Waals surface area contributed by atoms with Crippen LogP contribution in [-0.2, 0) is 6.54 Å². The van der Waals surface area contributed by atoms with Gasteiger partial charge in [-0.3, -0.25) is 0 Å². The van der Waals surface area contributed by atoms with E-state index in [9.17, 15) is 9.50 Å². The van der Waals surface area contributed by atoms with E-state index in [1.165, 1.54) is 18.2 Å². The fraction of sp³-hybridized carbons (Fsp3) is 0.200. The molecule has 2 nitrogen and oxygen atoms in total. The van der Waals surface area contributed by atoms with Crippen molar-refractivity contribution >= 4 is 5.69 Å². The van der Waals surface area contributed by atoms with Crippen LogP contribution in [0.25, 0.3) is 0 Å². The number of phenolic OH excluding ortho intramolecular Hbond substituents is 1. The second-order valence-corrected chi connectivity index (χ2v) is 4.42. The molecule has 0 saturated heterocycles. The number of para-hydroxylation sites is 1. The lowest BCUT2D eigenvalue weighted by molar-refractivity contribution is 0.465. The Morgan fingerprint density at radius 2 is 1.89 bits per heavy atom. The Balaban J connectivity index is 2.24. The van der Waals surface area contributed by atoms with Gasteiger partial charge < -0.3 is 10.0 Å². The van der Waals surface area contributed by atoms with Crippen LogP contribution < -0.4 is 4.90 Å². The van der Waals surface area contributed by atoms with Crippen molar-refractivity contribution in [3.05, 3.63) is 59.4 Å². The Labute approximate surface area is 106 Å². The number of aryl methyl sites for hydroxylation is 1. The van der Waals surface area contributed by atoms with Crippen molar-refractivity contribution in [1.29, 1.82) is 0 Å². The van der Waals surface area contributed by atoms with E-state index < -0.39 is 0 Å². The molecule has 2 aromatic carbocycles. The first-order valence-corrected chi connectivity index (χ1v) is 5.82. The maximum Gasteiger partial charge on any atom is 0.123 e. The van der Waals surface area contributed by atoms with Gasteiger partial charge in [0.2, 0.25) is 0 Å². The number of halogens is 1. The molecule has 18 heavy (non-hydrogen) atoms. The fourth-order valence-electron chi connectivity index (χ4n) is 2.01. The van der Waals surface area contributed by atoms with Crippen molar-refractivity contribution in [2.24, 2.45) is 0 Å². The SMILES string of the molecule is Cc1ccccc1N(C)Cc1cc(F)ccc1O. The molecule has 1 N–H and O–H groups in total. The van der Waals surface area contributed by atoms with E-state index in [1.54, 1.807) is 0 Å². The van der Waals surface area contributed by atoms with Gasteiger partial charge in [-0.05, 0) is 36.8 Å². The summed E-state index contributed by atoms with van der Waals surface area (Å²) in [5.74, 6) is -0.210. The van der Waals surface area contributed by atoms with Crippen LogP contribution >= 0.6 is 0 Å². The zero-order chi connectivity index (χ0) is 13.1. The highest BCUT2D eigenvalue weighted by molar-refractivity contribution is 5.53. The highest BCUT2D eigenvalue weighted by Gasteiger charge is 2.08. The summed E-state index contributed by atoms with van der Waals surface area (Å²) in [5.41, 5.74) is 2.80. The van der Waals surface area contributed by atoms with Crippen molar-refractivity contribution in [2.75, 3.05) is 11.9 Å². The van der Waals surface area contributed by atoms with E-state index in [0.29, 0.717) is 12.1 Å². The quantitative estimate of drug-likeness (QED) is 0.895. The number of rotatable bonds is 3. The first-order valence-electron chi connectivity index (χ1n) is 5.82. The summed E-state index contributed by atoms with van der Waals surface area (Å²) in [4.78, 5) is 1.99. The lowest BCUT2D eigenvalue weighted by Gasteiger charge is -2.22. The second-order valence-electron chi connectivity index (χ2n) is 4.42. The fourth-order valence-corrected chi connectivity index (χ4v) is 2.01. The van der Waals surface area contributed by atoms with E-state index >= 15 is 0 Å². The number of hydrogen-bond acceptors (Lipinski definition) is 2. The van der Waals surface area contributed by atoms with Gasteiger partial charge in [-0.25, -0.2) is 4.39 Å². The number of benzene rings is 2. The third-order valence-corrected chi connectivity index (χ3v) is 2.98. The summed E-state index contributed by atoms with van der Waals surface area (Å²) in [6.45, 7) is 2.49. The first kappa shape index (κ1) is 12.4. The van der Waals surface area contributed by atoms with Gasteiger partial charge in [0, 0.05) is 24.8 Å². The summed E-state index contributed by atoms with van der Waals surface area (Å²) in [6.07, 6.45) is 0. The molecule has 0 spiro atoms. The summed E-state index contributed by atoms with van der Waals surface area (Å²) >= 11 is 0. The van der Waals surface area contributed by atoms with E-state index in [0.717, 1.165) is 11.3 Å². The third kappa shape index (κ3) is 2.62. The molecular formula is C15H16FNO. The van der Waals surface area contributed by atoms with Crippen molar-refractivity contribution in [3.63, 3.8) is 0 Å². The van der Waals surface area contributed by atoms with E-state index in [4.69, 9.17) is 0 Å². The molecule has 94 valence electrons. The van der Waals surface area contributed by atoms with Crippen molar-refractivity contribution < 1.29 is 9.50 Å². The molecule has 0 fully saturated rings. The second kappa shape index (κ2) is 5.08. The van der Waals surface area contributed by atoms with Gasteiger partial charge in [-0.1, -0.05) is 18.2 Å². The van der Waals surface area contributed by atoms with Gasteiger partial charge in [-0.2, -0.15) is 0 Å². The molecule has 0 heterocycles. The number of phenols is 1. The number of aromatic hydroxyl groups is 1. The number of hydrogen-bond donors (Lipinski definition) is 1. The molecule has 0 aliphatic carbocycles. The summed E-state index contributed by atoms with van der Waals surface area (Å²) < 4.78 is 13.1. The van der Waals surface area contributed by atoms with Crippen molar-refractivity contribution in [2.45, 2.75) is 13.5 Å². The molecule has 2 rings (SSSR count). The van der Waals surface area contributed by atoms with E-state index in [1.807, 2.05) is 43.1 Å². The van der Waals surface area contributed by atoms with Crippen LogP contribution in [0.15, 0.2) is 42.5 Å². The zero-order valence-electron chi connectivity index (χ0n) is 10.5. The Hall–Kier alpha value is -2.03. The molecule has 0 bridgehead atoms. The van der Waals surface area contributed by atoms with Crippen LogP contribution in [0.3, 0.4) is 0 Å². The third-order valence-electron chi connectivity index (χ3n) is 2.98. The minimum Gasteiger partial charge on any atom is -0.508 e. The molecule has 3 heteroatoms. The lowest BCUT2D eigenvalue weighted by atomic mass is 10.1. The average Bonchev–Trinajstić information content (AvgIpc) is 2.34. The maximum atomic E-state index is 13.1. The maximum absolute atomic E-state index is 13.1. The Morgan fingerprint density at radius 3 is 2.61 bits per heavy atom. The minimum absolute atomic E-state index is 0.122. The molecule has 0 aliphatic rings. The molecule has 0 saturated carbocycles. The smallest absolute Gasteiger partial charge is 0.123 e. The van der Waals surface area contributed by atoms with Gasteiger partial charge in [0.1, 0.15) is 11.6 Å². The minimum atomic E-state index is -0.332. The molecule has 0 atom stereocenters. The van der Waals surface area contributed by atoms with Crippen LogP contribution in [0.4, 0.5) is 10.1 Å². The molecule has 0 radical (unpaired) electrons. The first-order chi connectivity index (χ1) is 8.58. The van der Waals surface area contributed by atoms with Gasteiger partial charge in [-0.15, -0.1) is 0 Å². The largest absolute Gasteiger partial charge is 0.508 e. The van der Waals surface area contributed by atoms with Crippen molar-refractivity contribution in [3.8, 4) is 5.75 Å². The Bertz CT molecular complexity index is 554. The molecule has 0 unspecified atom stereocenters. The molecular weight excluding hydrogens is 229 g/mol. The van der Waals surface area contributed by atoms with Gasteiger partial charge in [0.25, 0.3) is 0 Å². The number of anilines is 1. The zero-order valence-corrected chi connectivity index (χ0v) is 10.5. The predicted molar refractivity (Wildman–Crippen MR) is 71.4 cm³/mol. The lowest BCUT2D eigenvalue weighted by Crippen LogP contribution is -2.17. The molecule has 0 amide bonds. The highest BCUT2D eigenvalue weighted by Crippen LogP contribution is 2.24. The topological polar surface area (TPSA) is 23.5 Å². The van der Waals surface area contributed by atoms with E-state index in [2.05, 4.69) is 0 Å². The Morgan fingerprint density at radius 1 is 1.17 bits per heavy atom. The van der Waals surface area contributed by atoms with Crippen LogP contribution in [-0.4, -0.2) is 12.2 Å². The highest BCUT2D eigenvalue weighted by atomic mass is 19.1. The summed E-state index contributed by atoms with van der Waals surface area (Å²) in [6, 6.07) is 12.0. The van der Waals surface area contributed by atoms with Crippen LogP contribution in [0.1, 0.15) is 11.1 Å². The predicted octanol–water partition coefficient (Wildman–Crippen LogP) is 3.48. The Kier molecular flexibility index (Phi) is 3.51. The average molecular weight is 245 g/mol. The normalized spacial score (nSPS) is 10.4. The monoisotopic (exact) mass is 245 g/mol. The molecule has 2 aromatic rings. The summed E-state index contributed by atoms with van der Waals surface area (Å²) in [7, 11) is 1.92. The van der Waals surface area contributed by atoms with Crippen LogP contribution in [0, 0.1) is 12.7 Å². The van der Waals surface area contributed by atoms with Crippen LogP contribution in [0.2, 0.25) is 0 Å². The van der Waals surface area contributed by atoms with Crippen molar-refractivity contribution in [1.82, 2.24) is 0 Å². The standard InChI is InChI=1S/C15H16FNO/c1-11-5-3-4-6-14(11)17(2)10-12-9-13(16)7-8-15(12)18/h3-9,18H,10H2,1-2H3. The van der Waals surface area contributed by atoms with Gasteiger partial charge >= 0.3 is 0 Å². The molecule has 0 aliphatic heterocycles. The van der Waals surface area contributed by atoms with Gasteiger partial charge in [0.15, 0.2) is 0 Å². The molecule has 0 aromatic heterocycles. The van der Waals surface area contributed by atoms with Crippen LogP contribution in [0.5, 0.6) is 5.75 Å². The summed E-state index contributed by atoms with van der Waals surface area (Å²) in [5, 5.41) is 9.71. The number of nitrogens with zero attached hydrogens (tertiary/aromatic N) is 1. The van der Waals surface area contributed by atoms with E-state index in [-0.39, 0.29) is 11.6 Å².